The van der Waals surface area contributed by atoms with Gasteiger partial charge in [0.25, 0.3) is 0 Å². The molecule has 1 aliphatic carbocycles. The fraction of sp³-hybridized carbons (Fsp3) is 0.833. The fourth-order valence-corrected chi connectivity index (χ4v) is 2.58. The number of carbonyl (C=O) groups is 2. The molecular weight excluding hydrogens is 190 g/mol. The number of hydrogen-bond donors (Lipinski definition) is 0. The maximum absolute atomic E-state index is 12.1. The van der Waals surface area contributed by atoms with E-state index < -0.39 is 0 Å². The van der Waals surface area contributed by atoms with Crippen molar-refractivity contribution in [2.45, 2.75) is 44.9 Å². The van der Waals surface area contributed by atoms with Gasteiger partial charge in [-0.1, -0.05) is 6.42 Å². The Morgan fingerprint density at radius 2 is 1.80 bits per heavy atom. The Kier molecular flexibility index (Phi) is 3.39. The maximum atomic E-state index is 12.1. The van der Waals surface area contributed by atoms with Crippen LogP contribution in [0.5, 0.6) is 0 Å². The van der Waals surface area contributed by atoms with Crippen molar-refractivity contribution in [1.29, 1.82) is 0 Å². The molecule has 15 heavy (non-hydrogen) atoms. The van der Waals surface area contributed by atoms with Crippen molar-refractivity contribution in [3.05, 3.63) is 0 Å². The van der Waals surface area contributed by atoms with E-state index in [2.05, 4.69) is 0 Å². The minimum absolute atomic E-state index is 0.111. The molecule has 1 heterocycles. The molecule has 1 saturated heterocycles. The van der Waals surface area contributed by atoms with Crippen molar-refractivity contribution in [3.63, 3.8) is 0 Å². The lowest BCUT2D eigenvalue weighted by atomic mass is 9.86. The Balaban J connectivity index is 1.95. The molecule has 1 amide bonds. The summed E-state index contributed by atoms with van der Waals surface area (Å²) in [6, 6.07) is 0. The first kappa shape index (κ1) is 10.7. The van der Waals surface area contributed by atoms with Crippen LogP contribution in [0.15, 0.2) is 0 Å². The number of likely N-dealkylation sites (tertiary alicyclic amines) is 1. The van der Waals surface area contributed by atoms with Crippen LogP contribution in [-0.2, 0) is 9.59 Å². The third-order valence-corrected chi connectivity index (χ3v) is 3.52. The van der Waals surface area contributed by atoms with E-state index in [1.54, 1.807) is 0 Å². The van der Waals surface area contributed by atoms with E-state index >= 15 is 0 Å². The van der Waals surface area contributed by atoms with Crippen LogP contribution in [0.1, 0.15) is 44.9 Å². The molecule has 1 saturated carbocycles. The van der Waals surface area contributed by atoms with Crippen LogP contribution < -0.4 is 0 Å². The van der Waals surface area contributed by atoms with Crippen molar-refractivity contribution < 1.29 is 9.59 Å². The number of carbonyl (C=O) groups excluding carboxylic acids is 2. The number of Topliss-reactive ketones (excluding diaryl/α,β-unsaturated/α-hetero) is 1. The van der Waals surface area contributed by atoms with Crippen molar-refractivity contribution in [2.24, 2.45) is 5.92 Å². The molecule has 0 N–H and O–H groups in total. The van der Waals surface area contributed by atoms with E-state index in [1.807, 2.05) is 4.90 Å². The summed E-state index contributed by atoms with van der Waals surface area (Å²) < 4.78 is 0. The average Bonchev–Trinajstić information content (AvgIpc) is 2.30. The van der Waals surface area contributed by atoms with Gasteiger partial charge in [-0.3, -0.25) is 9.59 Å². The highest BCUT2D eigenvalue weighted by molar-refractivity contribution is 6.01. The average molecular weight is 209 g/mol. The van der Waals surface area contributed by atoms with Gasteiger partial charge >= 0.3 is 0 Å². The summed E-state index contributed by atoms with van der Waals surface area (Å²) in [7, 11) is 0. The highest BCUT2D eigenvalue weighted by atomic mass is 16.2. The molecule has 3 heteroatoms. The van der Waals surface area contributed by atoms with Crippen LogP contribution in [-0.4, -0.2) is 29.7 Å². The predicted molar refractivity (Wildman–Crippen MR) is 57.4 cm³/mol. The van der Waals surface area contributed by atoms with E-state index in [1.165, 1.54) is 6.42 Å². The molecule has 0 unspecified atom stereocenters. The second-order valence-electron chi connectivity index (χ2n) is 4.65. The molecule has 0 radical (unpaired) electrons. The summed E-state index contributed by atoms with van der Waals surface area (Å²) in [5.41, 5.74) is 0. The summed E-state index contributed by atoms with van der Waals surface area (Å²) in [6.07, 6.45) is 6.85. The summed E-state index contributed by atoms with van der Waals surface area (Å²) >= 11 is 0. The Labute approximate surface area is 90.8 Å². The largest absolute Gasteiger partial charge is 0.342 e. The molecule has 0 aromatic heterocycles. The first-order chi connectivity index (χ1) is 7.29. The molecule has 0 spiro atoms. The van der Waals surface area contributed by atoms with E-state index in [0.29, 0.717) is 6.42 Å². The van der Waals surface area contributed by atoms with Crippen LogP contribution in [0, 0.1) is 5.92 Å². The van der Waals surface area contributed by atoms with Gasteiger partial charge < -0.3 is 4.90 Å². The van der Waals surface area contributed by atoms with Gasteiger partial charge in [-0.05, 0) is 32.1 Å². The van der Waals surface area contributed by atoms with E-state index in [0.717, 1.165) is 45.2 Å². The molecule has 84 valence electrons. The molecule has 2 aliphatic rings. The van der Waals surface area contributed by atoms with Gasteiger partial charge in [-0.25, -0.2) is 0 Å². The number of piperidine rings is 1. The van der Waals surface area contributed by atoms with Gasteiger partial charge in [0.2, 0.25) is 5.91 Å². The molecule has 2 fully saturated rings. The smallest absolute Gasteiger partial charge is 0.233 e. The standard InChI is InChI=1S/C12H19NO2/c14-11-7-3-2-6-10(11)12(15)13-8-4-1-5-9-13/h10H,1-9H2/t10-/m1/s1. The van der Waals surface area contributed by atoms with Crippen molar-refractivity contribution in [2.75, 3.05) is 13.1 Å². The quantitative estimate of drug-likeness (QED) is 0.617. The monoisotopic (exact) mass is 209 g/mol. The first-order valence-corrected chi connectivity index (χ1v) is 6.10. The van der Waals surface area contributed by atoms with Crippen molar-refractivity contribution >= 4 is 11.7 Å². The maximum Gasteiger partial charge on any atom is 0.233 e. The molecule has 2 rings (SSSR count). The molecular formula is C12H19NO2. The van der Waals surface area contributed by atoms with E-state index in [9.17, 15) is 9.59 Å². The van der Waals surface area contributed by atoms with E-state index in [4.69, 9.17) is 0 Å². The zero-order valence-corrected chi connectivity index (χ0v) is 9.21. The summed E-state index contributed by atoms with van der Waals surface area (Å²) in [6.45, 7) is 1.73. The zero-order chi connectivity index (χ0) is 10.7. The highest BCUT2D eigenvalue weighted by Crippen LogP contribution is 2.23. The number of amides is 1. The van der Waals surface area contributed by atoms with Crippen LogP contribution in [0.3, 0.4) is 0 Å². The third-order valence-electron chi connectivity index (χ3n) is 3.52. The fourth-order valence-electron chi connectivity index (χ4n) is 2.58. The Morgan fingerprint density at radius 1 is 1.07 bits per heavy atom. The van der Waals surface area contributed by atoms with E-state index in [-0.39, 0.29) is 17.6 Å². The van der Waals surface area contributed by atoms with Crippen LogP contribution in [0.2, 0.25) is 0 Å². The SMILES string of the molecule is O=C1CCCC[C@H]1C(=O)N1CCCCC1. The third kappa shape index (κ3) is 2.39. The molecule has 0 aromatic rings. The van der Waals surface area contributed by atoms with Gasteiger partial charge in [-0.2, -0.15) is 0 Å². The lowest BCUT2D eigenvalue weighted by molar-refractivity contribution is -0.143. The normalized spacial score (nSPS) is 27.9. The van der Waals surface area contributed by atoms with Gasteiger partial charge in [0, 0.05) is 19.5 Å². The predicted octanol–water partition coefficient (Wildman–Crippen LogP) is 1.76. The first-order valence-electron chi connectivity index (χ1n) is 6.10. The minimum Gasteiger partial charge on any atom is -0.342 e. The number of ketones is 1. The lowest BCUT2D eigenvalue weighted by Gasteiger charge is -2.31. The summed E-state index contributed by atoms with van der Waals surface area (Å²) in [5.74, 6) is -0.00641. The zero-order valence-electron chi connectivity index (χ0n) is 9.21. The molecule has 0 bridgehead atoms. The number of rotatable bonds is 1. The minimum atomic E-state index is -0.295. The summed E-state index contributed by atoms with van der Waals surface area (Å²) in [5, 5.41) is 0. The summed E-state index contributed by atoms with van der Waals surface area (Å²) in [4.78, 5) is 25.6. The molecule has 1 aliphatic heterocycles. The van der Waals surface area contributed by atoms with Gasteiger partial charge in [-0.15, -0.1) is 0 Å². The van der Waals surface area contributed by atoms with Crippen molar-refractivity contribution in [3.8, 4) is 0 Å². The topological polar surface area (TPSA) is 37.4 Å². The Hall–Kier alpha value is -0.860. The van der Waals surface area contributed by atoms with Crippen LogP contribution in [0.25, 0.3) is 0 Å². The van der Waals surface area contributed by atoms with Crippen LogP contribution in [0.4, 0.5) is 0 Å². The molecule has 3 nitrogen and oxygen atoms in total. The second-order valence-corrected chi connectivity index (χ2v) is 4.65. The molecule has 0 aromatic carbocycles. The number of nitrogens with zero attached hydrogens (tertiary/aromatic N) is 1. The Bertz CT molecular complexity index is 256. The second kappa shape index (κ2) is 4.77. The van der Waals surface area contributed by atoms with Gasteiger partial charge in [0.1, 0.15) is 5.78 Å². The van der Waals surface area contributed by atoms with Crippen LogP contribution >= 0.6 is 0 Å². The van der Waals surface area contributed by atoms with Gasteiger partial charge in [0.15, 0.2) is 0 Å². The highest BCUT2D eigenvalue weighted by Gasteiger charge is 2.32. The van der Waals surface area contributed by atoms with Crippen molar-refractivity contribution in [1.82, 2.24) is 4.90 Å². The lowest BCUT2D eigenvalue weighted by Crippen LogP contribution is -2.43. The molecule has 1 atom stereocenters. The van der Waals surface area contributed by atoms with Gasteiger partial charge in [0.05, 0.1) is 5.92 Å². The Morgan fingerprint density at radius 3 is 2.47 bits per heavy atom. The number of hydrogen-bond acceptors (Lipinski definition) is 2.